The van der Waals surface area contributed by atoms with E-state index in [0.717, 1.165) is 11.3 Å². The van der Waals surface area contributed by atoms with Gasteiger partial charge in [-0.05, 0) is 36.4 Å². The van der Waals surface area contributed by atoms with E-state index < -0.39 is 0 Å². The Balaban J connectivity index is 2.18. The van der Waals surface area contributed by atoms with Gasteiger partial charge in [0.2, 0.25) is 5.96 Å². The summed E-state index contributed by atoms with van der Waals surface area (Å²) in [6.07, 6.45) is 1.43. The molecule has 1 aromatic carbocycles. The Bertz CT molecular complexity index is 582. The van der Waals surface area contributed by atoms with Crippen molar-refractivity contribution in [3.63, 3.8) is 0 Å². The Morgan fingerprint density at radius 3 is 2.50 bits per heavy atom. The highest BCUT2D eigenvalue weighted by Gasteiger charge is 2.02. The van der Waals surface area contributed by atoms with Crippen molar-refractivity contribution in [1.82, 2.24) is 0 Å². The van der Waals surface area contributed by atoms with Gasteiger partial charge in [0.05, 0.1) is 6.21 Å². The summed E-state index contributed by atoms with van der Waals surface area (Å²) in [5.74, 6) is 1.18. The lowest BCUT2D eigenvalue weighted by atomic mass is 10.2. The Morgan fingerprint density at radius 1 is 1.11 bits per heavy atom. The van der Waals surface area contributed by atoms with Crippen LogP contribution in [0.3, 0.4) is 0 Å². The van der Waals surface area contributed by atoms with Crippen LogP contribution in [0.4, 0.5) is 0 Å². The van der Waals surface area contributed by atoms with Crippen LogP contribution in [0.1, 0.15) is 5.76 Å². The van der Waals surface area contributed by atoms with Crippen molar-refractivity contribution in [1.29, 1.82) is 0 Å². The van der Waals surface area contributed by atoms with Crippen molar-refractivity contribution < 1.29 is 4.42 Å². The number of benzene rings is 1. The van der Waals surface area contributed by atoms with E-state index in [-0.39, 0.29) is 5.96 Å². The van der Waals surface area contributed by atoms with Gasteiger partial charge < -0.3 is 15.9 Å². The van der Waals surface area contributed by atoms with E-state index in [0.29, 0.717) is 10.8 Å². The minimum Gasteiger partial charge on any atom is -0.455 e. The summed E-state index contributed by atoms with van der Waals surface area (Å²) in [7, 11) is 0. The molecule has 0 aliphatic heterocycles. The third-order valence-corrected chi connectivity index (χ3v) is 2.37. The summed E-state index contributed by atoms with van der Waals surface area (Å²) in [5.41, 5.74) is 11.2. The molecule has 0 aliphatic rings. The molecule has 0 aliphatic carbocycles. The number of nitrogens with two attached hydrogens (primary N) is 2. The van der Waals surface area contributed by atoms with Crippen molar-refractivity contribution >= 4 is 23.8 Å². The lowest BCUT2D eigenvalue weighted by Gasteiger charge is -1.96. The van der Waals surface area contributed by atoms with Gasteiger partial charge in [0.1, 0.15) is 11.5 Å². The normalized spacial score (nSPS) is 10.7. The number of rotatable bonds is 3. The fourth-order valence-corrected chi connectivity index (χ4v) is 1.47. The fraction of sp³-hybridized carbons (Fsp3) is 0. The smallest absolute Gasteiger partial charge is 0.211 e. The number of hydrogen-bond donors (Lipinski definition) is 2. The molecule has 0 saturated heterocycles. The zero-order valence-corrected chi connectivity index (χ0v) is 10.1. The topological polar surface area (TPSA) is 89.9 Å². The van der Waals surface area contributed by atoms with E-state index in [9.17, 15) is 0 Å². The molecule has 0 bridgehead atoms. The van der Waals surface area contributed by atoms with Gasteiger partial charge in [0.15, 0.2) is 0 Å². The predicted molar refractivity (Wildman–Crippen MR) is 72.6 cm³/mol. The average Bonchev–Trinajstić information content (AvgIpc) is 2.78. The molecule has 0 unspecified atom stereocenters. The number of hydrogen-bond acceptors (Lipinski definition) is 3. The van der Waals surface area contributed by atoms with Crippen LogP contribution in [0.25, 0.3) is 11.3 Å². The molecular formula is C12H11ClN4O. The zero-order chi connectivity index (χ0) is 13.0. The van der Waals surface area contributed by atoms with E-state index in [1.165, 1.54) is 6.21 Å². The molecule has 5 nitrogen and oxygen atoms in total. The second-order valence-electron chi connectivity index (χ2n) is 3.48. The van der Waals surface area contributed by atoms with Gasteiger partial charge in [-0.3, -0.25) is 0 Å². The molecule has 4 N–H and O–H groups in total. The molecule has 0 spiro atoms. The van der Waals surface area contributed by atoms with Crippen LogP contribution in [-0.2, 0) is 0 Å². The summed E-state index contributed by atoms with van der Waals surface area (Å²) >= 11 is 5.81. The third kappa shape index (κ3) is 3.11. The molecule has 0 saturated carbocycles. The van der Waals surface area contributed by atoms with Crippen LogP contribution in [0, 0.1) is 0 Å². The van der Waals surface area contributed by atoms with Crippen molar-refractivity contribution in [2.24, 2.45) is 21.7 Å². The standard InChI is InChI=1S/C12H11ClN4O/c13-9-3-1-8(2-4-9)11-6-5-10(18-11)7-16-17-12(14)15/h1-7H,(H4,14,15,17). The van der Waals surface area contributed by atoms with E-state index in [2.05, 4.69) is 10.2 Å². The largest absolute Gasteiger partial charge is 0.455 e. The molecule has 2 aromatic rings. The lowest BCUT2D eigenvalue weighted by molar-refractivity contribution is 0.575. The van der Waals surface area contributed by atoms with Crippen LogP contribution >= 0.6 is 11.6 Å². The van der Waals surface area contributed by atoms with Crippen molar-refractivity contribution in [2.45, 2.75) is 0 Å². The average molecular weight is 263 g/mol. The molecule has 1 aromatic heterocycles. The lowest BCUT2D eigenvalue weighted by Crippen LogP contribution is -2.21. The van der Waals surface area contributed by atoms with Gasteiger partial charge in [0.25, 0.3) is 0 Å². The van der Waals surface area contributed by atoms with Crippen LogP contribution < -0.4 is 11.5 Å². The Kier molecular flexibility index (Phi) is 3.64. The summed E-state index contributed by atoms with van der Waals surface area (Å²) in [6.45, 7) is 0. The van der Waals surface area contributed by atoms with Crippen molar-refractivity contribution in [3.8, 4) is 11.3 Å². The monoisotopic (exact) mass is 262 g/mol. The van der Waals surface area contributed by atoms with Gasteiger partial charge in [0, 0.05) is 10.6 Å². The molecule has 0 amide bonds. The minimum absolute atomic E-state index is 0.101. The molecule has 92 valence electrons. The van der Waals surface area contributed by atoms with Crippen LogP contribution in [0.5, 0.6) is 0 Å². The third-order valence-electron chi connectivity index (χ3n) is 2.11. The maximum Gasteiger partial charge on any atom is 0.211 e. The minimum atomic E-state index is -0.101. The van der Waals surface area contributed by atoms with Gasteiger partial charge in [-0.2, -0.15) is 5.10 Å². The van der Waals surface area contributed by atoms with Gasteiger partial charge in [-0.15, -0.1) is 5.10 Å². The highest BCUT2D eigenvalue weighted by molar-refractivity contribution is 6.30. The summed E-state index contributed by atoms with van der Waals surface area (Å²) in [4.78, 5) is 0. The van der Waals surface area contributed by atoms with E-state index in [4.69, 9.17) is 27.5 Å². The van der Waals surface area contributed by atoms with E-state index in [1.807, 2.05) is 18.2 Å². The Labute approximate surface area is 109 Å². The van der Waals surface area contributed by atoms with Gasteiger partial charge >= 0.3 is 0 Å². The maximum atomic E-state index is 5.81. The molecule has 0 atom stereocenters. The SMILES string of the molecule is NC(N)=NN=Cc1ccc(-c2ccc(Cl)cc2)o1. The first-order valence-electron chi connectivity index (χ1n) is 5.13. The van der Waals surface area contributed by atoms with Crippen LogP contribution in [0.2, 0.25) is 5.02 Å². The first-order chi connectivity index (χ1) is 8.65. The second-order valence-corrected chi connectivity index (χ2v) is 3.91. The quantitative estimate of drug-likeness (QED) is 0.505. The first kappa shape index (κ1) is 12.2. The van der Waals surface area contributed by atoms with Crippen molar-refractivity contribution in [2.75, 3.05) is 0 Å². The Morgan fingerprint density at radius 2 is 1.83 bits per heavy atom. The van der Waals surface area contributed by atoms with Crippen LogP contribution in [0.15, 0.2) is 51.0 Å². The van der Waals surface area contributed by atoms with Crippen LogP contribution in [-0.4, -0.2) is 12.2 Å². The van der Waals surface area contributed by atoms with Crippen molar-refractivity contribution in [3.05, 3.63) is 47.2 Å². The van der Waals surface area contributed by atoms with Gasteiger partial charge in [-0.1, -0.05) is 11.6 Å². The predicted octanol–water partition coefficient (Wildman–Crippen LogP) is 2.21. The number of halogens is 1. The summed E-state index contributed by atoms with van der Waals surface area (Å²) < 4.78 is 5.55. The molecule has 6 heteroatoms. The second kappa shape index (κ2) is 5.37. The Hall–Kier alpha value is -2.27. The molecule has 2 rings (SSSR count). The zero-order valence-electron chi connectivity index (χ0n) is 9.38. The molecule has 0 radical (unpaired) electrons. The van der Waals surface area contributed by atoms with Gasteiger partial charge in [-0.25, -0.2) is 0 Å². The molecular weight excluding hydrogens is 252 g/mol. The summed E-state index contributed by atoms with van der Waals surface area (Å²) in [5, 5.41) is 7.82. The van der Waals surface area contributed by atoms with E-state index in [1.54, 1.807) is 18.2 Å². The first-order valence-corrected chi connectivity index (χ1v) is 5.51. The fourth-order valence-electron chi connectivity index (χ4n) is 1.34. The maximum absolute atomic E-state index is 5.81. The summed E-state index contributed by atoms with van der Waals surface area (Å²) in [6, 6.07) is 10.9. The molecule has 0 fully saturated rings. The molecule has 1 heterocycles. The van der Waals surface area contributed by atoms with E-state index >= 15 is 0 Å². The highest BCUT2D eigenvalue weighted by Crippen LogP contribution is 2.23. The molecule has 18 heavy (non-hydrogen) atoms. The highest BCUT2D eigenvalue weighted by atomic mass is 35.5. The number of furan rings is 1. The number of guanidine groups is 1. The number of nitrogens with zero attached hydrogens (tertiary/aromatic N) is 2.